The molecule has 1 aliphatic rings. The lowest BCUT2D eigenvalue weighted by molar-refractivity contribution is -0.126. The second-order valence-electron chi connectivity index (χ2n) is 10.0. The van der Waals surface area contributed by atoms with E-state index in [1.54, 1.807) is 0 Å². The Kier molecular flexibility index (Phi) is 7.55. The van der Waals surface area contributed by atoms with Crippen molar-refractivity contribution >= 4 is 28.9 Å². The number of hydrogen-bond donors (Lipinski definition) is 1. The molecule has 0 spiro atoms. The van der Waals surface area contributed by atoms with Crippen LogP contribution in [0.3, 0.4) is 0 Å². The highest BCUT2D eigenvalue weighted by Gasteiger charge is 2.35. The van der Waals surface area contributed by atoms with Gasteiger partial charge < -0.3 is 15.1 Å². The average Bonchev–Trinajstić information content (AvgIpc) is 3.03. The summed E-state index contributed by atoms with van der Waals surface area (Å²) in [5.74, 6) is -0.689. The van der Waals surface area contributed by atoms with Gasteiger partial charge in [0, 0.05) is 25.2 Å². The van der Waals surface area contributed by atoms with Crippen molar-refractivity contribution in [2.24, 2.45) is 5.92 Å². The number of fused-ring (bicyclic) bond motifs is 1. The van der Waals surface area contributed by atoms with Gasteiger partial charge in [-0.3, -0.25) is 9.59 Å². The number of nitrogens with zero attached hydrogens (tertiary/aromatic N) is 2. The van der Waals surface area contributed by atoms with Crippen molar-refractivity contribution in [1.29, 1.82) is 0 Å². The van der Waals surface area contributed by atoms with Crippen LogP contribution >= 0.6 is 0 Å². The molecule has 0 aliphatic carbocycles. The Hall–Kier alpha value is -4.38. The first-order valence-electron chi connectivity index (χ1n) is 13.1. The van der Waals surface area contributed by atoms with Crippen LogP contribution in [0.1, 0.15) is 28.7 Å². The molecule has 1 N–H and O–H groups in total. The van der Waals surface area contributed by atoms with E-state index in [-0.39, 0.29) is 18.2 Å². The zero-order valence-corrected chi connectivity index (χ0v) is 21.9. The van der Waals surface area contributed by atoms with Gasteiger partial charge in [0.2, 0.25) is 11.8 Å². The first kappa shape index (κ1) is 25.3. The quantitative estimate of drug-likeness (QED) is 0.313. The van der Waals surface area contributed by atoms with E-state index in [1.165, 1.54) is 5.56 Å². The molecule has 4 aromatic carbocycles. The summed E-state index contributed by atoms with van der Waals surface area (Å²) in [5.41, 5.74) is 7.12. The highest BCUT2D eigenvalue weighted by molar-refractivity contribution is 6.03. The van der Waals surface area contributed by atoms with Crippen LogP contribution in [0.2, 0.25) is 0 Å². The van der Waals surface area contributed by atoms with Crippen LogP contribution in [0, 0.1) is 19.8 Å². The maximum absolute atomic E-state index is 14.1. The van der Waals surface area contributed by atoms with Crippen LogP contribution in [0.5, 0.6) is 0 Å². The van der Waals surface area contributed by atoms with Crippen molar-refractivity contribution in [3.8, 4) is 0 Å². The number of hydrogen-bond acceptors (Lipinski definition) is 3. The number of benzene rings is 4. The zero-order chi connectivity index (χ0) is 26.5. The molecular weight excluding hydrogens is 470 g/mol. The van der Waals surface area contributed by atoms with Gasteiger partial charge in [-0.1, -0.05) is 78.9 Å². The largest absolute Gasteiger partial charge is 0.365 e. The third-order valence-corrected chi connectivity index (χ3v) is 7.19. The molecule has 5 heteroatoms. The summed E-state index contributed by atoms with van der Waals surface area (Å²) in [6.45, 7) is 5.63. The van der Waals surface area contributed by atoms with E-state index in [9.17, 15) is 9.59 Å². The van der Waals surface area contributed by atoms with Gasteiger partial charge in [0.1, 0.15) is 0 Å². The van der Waals surface area contributed by atoms with Crippen LogP contribution in [0.25, 0.3) is 0 Å². The molecule has 1 heterocycles. The predicted molar refractivity (Wildman–Crippen MR) is 154 cm³/mol. The fourth-order valence-electron chi connectivity index (χ4n) is 5.03. The number of anilines is 3. The summed E-state index contributed by atoms with van der Waals surface area (Å²) in [4.78, 5) is 31.4. The Labute approximate surface area is 224 Å². The van der Waals surface area contributed by atoms with E-state index >= 15 is 0 Å². The maximum Gasteiger partial charge on any atom is 0.232 e. The highest BCUT2D eigenvalue weighted by atomic mass is 16.2. The van der Waals surface area contributed by atoms with Crippen LogP contribution < -0.4 is 15.1 Å². The molecule has 0 saturated heterocycles. The number of carbonyl (C=O) groups excluding carboxylic acids is 2. The van der Waals surface area contributed by atoms with Crippen LogP contribution in [-0.4, -0.2) is 18.4 Å². The molecule has 192 valence electrons. The molecule has 0 radical (unpaired) electrons. The molecule has 0 aromatic heterocycles. The van der Waals surface area contributed by atoms with Gasteiger partial charge >= 0.3 is 0 Å². The van der Waals surface area contributed by atoms with Gasteiger partial charge in [0.25, 0.3) is 0 Å². The van der Waals surface area contributed by atoms with Gasteiger partial charge in [-0.15, -0.1) is 0 Å². The van der Waals surface area contributed by atoms with E-state index in [1.807, 2.05) is 104 Å². The lowest BCUT2D eigenvalue weighted by atomic mass is 10.0. The fourth-order valence-corrected chi connectivity index (χ4v) is 5.03. The molecule has 5 rings (SSSR count). The van der Waals surface area contributed by atoms with Crippen molar-refractivity contribution in [2.45, 2.75) is 33.4 Å². The molecule has 4 aromatic rings. The Bertz CT molecular complexity index is 1420. The summed E-state index contributed by atoms with van der Waals surface area (Å²) in [5, 5.41) is 3.02. The molecule has 2 amide bonds. The highest BCUT2D eigenvalue weighted by Crippen LogP contribution is 2.37. The Balaban J connectivity index is 1.47. The van der Waals surface area contributed by atoms with Gasteiger partial charge in [-0.25, -0.2) is 0 Å². The van der Waals surface area contributed by atoms with E-state index in [0.29, 0.717) is 19.6 Å². The molecule has 0 saturated carbocycles. The topological polar surface area (TPSA) is 52.7 Å². The smallest absolute Gasteiger partial charge is 0.232 e. The molecule has 1 unspecified atom stereocenters. The summed E-state index contributed by atoms with van der Waals surface area (Å²) in [7, 11) is 0. The van der Waals surface area contributed by atoms with Crippen LogP contribution in [-0.2, 0) is 22.7 Å². The molecule has 38 heavy (non-hydrogen) atoms. The fraction of sp³-hybridized carbons (Fsp3) is 0.212. The van der Waals surface area contributed by atoms with Crippen molar-refractivity contribution < 1.29 is 9.59 Å². The lowest BCUT2D eigenvalue weighted by Crippen LogP contribution is -2.39. The average molecular weight is 504 g/mol. The minimum Gasteiger partial charge on any atom is -0.365 e. The number of nitrogens with one attached hydrogen (secondary N) is 1. The van der Waals surface area contributed by atoms with Crippen molar-refractivity contribution in [2.75, 3.05) is 21.7 Å². The molecule has 0 fully saturated rings. The van der Waals surface area contributed by atoms with Gasteiger partial charge in [-0.05, 0) is 60.4 Å². The molecule has 1 atom stereocenters. The first-order valence-corrected chi connectivity index (χ1v) is 13.1. The number of aryl methyl sites for hydroxylation is 2. The van der Waals surface area contributed by atoms with Crippen LogP contribution in [0.4, 0.5) is 17.1 Å². The normalized spacial score (nSPS) is 15.1. The first-order chi connectivity index (χ1) is 18.5. The molecule has 1 aliphatic heterocycles. The molecule has 0 bridgehead atoms. The maximum atomic E-state index is 14.1. The minimum absolute atomic E-state index is 0.0351. The van der Waals surface area contributed by atoms with E-state index in [0.717, 1.165) is 33.8 Å². The Morgan fingerprint density at radius 1 is 0.763 bits per heavy atom. The number of carbonyl (C=O) groups is 2. The Morgan fingerprint density at radius 2 is 1.37 bits per heavy atom. The second-order valence-corrected chi connectivity index (χ2v) is 10.0. The predicted octanol–water partition coefficient (Wildman–Crippen LogP) is 6.50. The third-order valence-electron chi connectivity index (χ3n) is 7.19. The number of amides is 2. The second kappa shape index (κ2) is 11.3. The van der Waals surface area contributed by atoms with E-state index < -0.39 is 5.92 Å². The summed E-state index contributed by atoms with van der Waals surface area (Å²) in [6.07, 6.45) is 0.107. The zero-order valence-electron chi connectivity index (χ0n) is 21.9. The van der Waals surface area contributed by atoms with E-state index in [2.05, 4.69) is 28.4 Å². The lowest BCUT2D eigenvalue weighted by Gasteiger charge is -2.27. The minimum atomic E-state index is -0.499. The van der Waals surface area contributed by atoms with Gasteiger partial charge in [0.15, 0.2) is 0 Å². The molecule has 5 nitrogen and oxygen atoms in total. The van der Waals surface area contributed by atoms with Crippen molar-refractivity contribution in [1.82, 2.24) is 0 Å². The summed E-state index contributed by atoms with van der Waals surface area (Å²) < 4.78 is 0. The standard InChI is InChI=1S/C33H33N3O2/c1-24-17-18-29(19-25(24)2)34-32(37)20-28-23-35(21-26-11-5-3-6-12-26)30-15-9-10-16-31(30)36(33(28)38)22-27-13-7-4-8-14-27/h3-19,28H,20-23H2,1-2H3,(H,34,37). The Morgan fingerprint density at radius 3 is 2.03 bits per heavy atom. The van der Waals surface area contributed by atoms with Crippen molar-refractivity contribution in [3.05, 3.63) is 125 Å². The summed E-state index contributed by atoms with van der Waals surface area (Å²) >= 11 is 0. The summed E-state index contributed by atoms with van der Waals surface area (Å²) in [6, 6.07) is 34.2. The van der Waals surface area contributed by atoms with Gasteiger partial charge in [0.05, 0.1) is 23.8 Å². The third kappa shape index (κ3) is 5.78. The van der Waals surface area contributed by atoms with Gasteiger partial charge in [-0.2, -0.15) is 0 Å². The number of rotatable bonds is 7. The van der Waals surface area contributed by atoms with Crippen molar-refractivity contribution in [3.63, 3.8) is 0 Å². The van der Waals surface area contributed by atoms with Crippen LogP contribution in [0.15, 0.2) is 103 Å². The SMILES string of the molecule is Cc1ccc(NC(=O)CC2CN(Cc3ccccc3)c3ccccc3N(Cc3ccccc3)C2=O)cc1C. The molecular formula is C33H33N3O2. The number of para-hydroxylation sites is 2. The monoisotopic (exact) mass is 503 g/mol. The van der Waals surface area contributed by atoms with E-state index in [4.69, 9.17) is 0 Å².